The minimum absolute atomic E-state index is 0.188. The number of hydrogen-bond donors (Lipinski definition) is 2. The summed E-state index contributed by atoms with van der Waals surface area (Å²) >= 11 is 0. The van der Waals surface area contributed by atoms with Gasteiger partial charge >= 0.3 is 0 Å². The number of nitrogens with zero attached hydrogens (tertiary/aromatic N) is 3. The van der Waals surface area contributed by atoms with Gasteiger partial charge in [-0.1, -0.05) is 26.7 Å². The lowest BCUT2D eigenvalue weighted by molar-refractivity contribution is 0.0213. The Morgan fingerprint density at radius 1 is 1.29 bits per heavy atom. The number of fused-ring (bicyclic) bond motifs is 1. The summed E-state index contributed by atoms with van der Waals surface area (Å²) in [7, 11) is 1.82. The second-order valence-electron chi connectivity index (χ2n) is 6.63. The van der Waals surface area contributed by atoms with Crippen LogP contribution in [0, 0.1) is 13.8 Å². The number of carbonyl (C=O) groups excluding carboxylic acids is 1. The first-order chi connectivity index (χ1) is 11.3. The first-order valence-corrected chi connectivity index (χ1v) is 8.63. The molecule has 132 valence electrons. The second-order valence-corrected chi connectivity index (χ2v) is 6.63. The third-order valence-corrected chi connectivity index (χ3v) is 4.35. The molecule has 2 aromatic heterocycles. The van der Waals surface area contributed by atoms with Crippen molar-refractivity contribution in [3.05, 3.63) is 23.0 Å². The molecule has 6 heteroatoms. The van der Waals surface area contributed by atoms with Crippen molar-refractivity contribution in [2.24, 2.45) is 7.05 Å². The van der Waals surface area contributed by atoms with Crippen LogP contribution in [0.25, 0.3) is 11.0 Å². The molecular formula is C18H28N4O2. The highest BCUT2D eigenvalue weighted by molar-refractivity contribution is 6.06. The molecule has 0 saturated carbocycles. The van der Waals surface area contributed by atoms with Gasteiger partial charge < -0.3 is 10.4 Å². The smallest absolute Gasteiger partial charge is 0.252 e. The summed E-state index contributed by atoms with van der Waals surface area (Å²) in [6.07, 6.45) is 3.12. The topological polar surface area (TPSA) is 80.0 Å². The lowest BCUT2D eigenvalue weighted by atomic mass is 9.92. The van der Waals surface area contributed by atoms with Crippen molar-refractivity contribution in [1.29, 1.82) is 0 Å². The molecule has 2 heterocycles. The molecule has 0 bridgehead atoms. The molecule has 2 rings (SSSR count). The average molecular weight is 332 g/mol. The third kappa shape index (κ3) is 3.75. The highest BCUT2D eigenvalue weighted by atomic mass is 16.3. The van der Waals surface area contributed by atoms with Crippen molar-refractivity contribution in [2.45, 2.75) is 59.0 Å². The predicted molar refractivity (Wildman–Crippen MR) is 95.1 cm³/mol. The van der Waals surface area contributed by atoms with Crippen LogP contribution in [0.5, 0.6) is 0 Å². The highest BCUT2D eigenvalue weighted by Gasteiger charge is 2.26. The number of aliphatic hydroxyl groups is 1. The maximum Gasteiger partial charge on any atom is 0.252 e. The fourth-order valence-corrected chi connectivity index (χ4v) is 3.32. The van der Waals surface area contributed by atoms with E-state index in [1.165, 1.54) is 0 Å². The van der Waals surface area contributed by atoms with Crippen LogP contribution in [0.1, 0.15) is 61.3 Å². The number of amides is 1. The number of nitrogens with one attached hydrogen (secondary N) is 1. The van der Waals surface area contributed by atoms with E-state index >= 15 is 0 Å². The van der Waals surface area contributed by atoms with E-state index in [0.717, 1.165) is 29.6 Å². The van der Waals surface area contributed by atoms with Crippen molar-refractivity contribution in [2.75, 3.05) is 6.54 Å². The Kier molecular flexibility index (Phi) is 5.59. The van der Waals surface area contributed by atoms with E-state index in [-0.39, 0.29) is 12.5 Å². The summed E-state index contributed by atoms with van der Waals surface area (Å²) in [6.45, 7) is 8.08. The fourth-order valence-electron chi connectivity index (χ4n) is 3.32. The molecule has 2 N–H and O–H groups in total. The van der Waals surface area contributed by atoms with Gasteiger partial charge in [0.25, 0.3) is 5.91 Å². The largest absolute Gasteiger partial charge is 0.388 e. The molecule has 0 aliphatic carbocycles. The van der Waals surface area contributed by atoms with Gasteiger partial charge in [-0.2, -0.15) is 5.10 Å². The number of hydrogen-bond acceptors (Lipinski definition) is 4. The van der Waals surface area contributed by atoms with E-state index < -0.39 is 5.60 Å². The van der Waals surface area contributed by atoms with Gasteiger partial charge in [0.15, 0.2) is 5.65 Å². The van der Waals surface area contributed by atoms with E-state index in [0.29, 0.717) is 24.1 Å². The van der Waals surface area contributed by atoms with Gasteiger partial charge in [-0.25, -0.2) is 4.98 Å². The van der Waals surface area contributed by atoms with Crippen molar-refractivity contribution in [1.82, 2.24) is 20.1 Å². The maximum absolute atomic E-state index is 12.7. The van der Waals surface area contributed by atoms with Gasteiger partial charge in [-0.05, 0) is 32.8 Å². The molecule has 0 spiro atoms. The molecule has 0 aliphatic rings. The Morgan fingerprint density at radius 2 is 1.92 bits per heavy atom. The predicted octanol–water partition coefficient (Wildman–Crippen LogP) is 2.65. The zero-order chi connectivity index (χ0) is 17.9. The average Bonchev–Trinajstić information content (AvgIpc) is 2.79. The van der Waals surface area contributed by atoms with Crippen LogP contribution < -0.4 is 5.32 Å². The van der Waals surface area contributed by atoms with Crippen LogP contribution in [-0.4, -0.2) is 37.9 Å². The van der Waals surface area contributed by atoms with Gasteiger partial charge in [0, 0.05) is 19.3 Å². The van der Waals surface area contributed by atoms with Gasteiger partial charge in [-0.15, -0.1) is 0 Å². The molecule has 0 radical (unpaired) electrons. The van der Waals surface area contributed by atoms with Crippen LogP contribution in [0.2, 0.25) is 0 Å². The Balaban J connectivity index is 2.28. The molecule has 6 nitrogen and oxygen atoms in total. The molecule has 1 amide bonds. The molecule has 0 saturated heterocycles. The molecule has 0 aliphatic heterocycles. The number of pyridine rings is 1. The van der Waals surface area contributed by atoms with Crippen LogP contribution in [0.4, 0.5) is 0 Å². The Hall–Kier alpha value is -1.95. The number of aryl methyl sites for hydroxylation is 3. The summed E-state index contributed by atoms with van der Waals surface area (Å²) in [6, 6.07) is 1.78. The summed E-state index contributed by atoms with van der Waals surface area (Å²) < 4.78 is 1.69. The number of aromatic nitrogens is 3. The molecule has 0 unspecified atom stereocenters. The van der Waals surface area contributed by atoms with Crippen LogP contribution in [0.15, 0.2) is 6.07 Å². The lowest BCUT2D eigenvalue weighted by Gasteiger charge is -2.27. The Morgan fingerprint density at radius 3 is 2.50 bits per heavy atom. The SMILES string of the molecule is CCCC(O)(CCC)CNC(=O)c1cc(C)nc2c1c(C)nn2C. The minimum atomic E-state index is -0.843. The molecule has 2 aromatic rings. The van der Waals surface area contributed by atoms with Crippen LogP contribution in [0.3, 0.4) is 0 Å². The monoisotopic (exact) mass is 332 g/mol. The molecule has 0 fully saturated rings. The summed E-state index contributed by atoms with van der Waals surface area (Å²) in [5, 5.41) is 18.7. The van der Waals surface area contributed by atoms with Crippen LogP contribution >= 0.6 is 0 Å². The fraction of sp³-hybridized carbons (Fsp3) is 0.611. The highest BCUT2D eigenvalue weighted by Crippen LogP contribution is 2.23. The standard InChI is InChI=1S/C18H28N4O2/c1-6-8-18(24,9-7-2)11-19-17(23)14-10-12(3)20-16-15(14)13(4)21-22(16)5/h10,24H,6-9,11H2,1-5H3,(H,19,23). The first kappa shape index (κ1) is 18.4. The van der Waals surface area contributed by atoms with Gasteiger partial charge in [-0.3, -0.25) is 9.48 Å². The first-order valence-electron chi connectivity index (χ1n) is 8.63. The zero-order valence-electron chi connectivity index (χ0n) is 15.3. The van der Waals surface area contributed by atoms with Crippen molar-refractivity contribution in [3.8, 4) is 0 Å². The van der Waals surface area contributed by atoms with E-state index in [9.17, 15) is 9.90 Å². The van der Waals surface area contributed by atoms with Crippen molar-refractivity contribution >= 4 is 16.9 Å². The van der Waals surface area contributed by atoms with Crippen molar-refractivity contribution in [3.63, 3.8) is 0 Å². The van der Waals surface area contributed by atoms with E-state index in [1.54, 1.807) is 10.7 Å². The minimum Gasteiger partial charge on any atom is -0.388 e. The zero-order valence-corrected chi connectivity index (χ0v) is 15.3. The second kappa shape index (κ2) is 7.30. The Labute approximate surface area is 143 Å². The molecule has 0 aromatic carbocycles. The molecular weight excluding hydrogens is 304 g/mol. The van der Waals surface area contributed by atoms with E-state index in [4.69, 9.17) is 0 Å². The van der Waals surface area contributed by atoms with Gasteiger partial charge in [0.1, 0.15) is 0 Å². The summed E-state index contributed by atoms with van der Waals surface area (Å²) in [5.41, 5.74) is 1.98. The van der Waals surface area contributed by atoms with E-state index in [2.05, 4.69) is 15.4 Å². The summed E-state index contributed by atoms with van der Waals surface area (Å²) in [4.78, 5) is 17.2. The molecule has 24 heavy (non-hydrogen) atoms. The van der Waals surface area contributed by atoms with Crippen molar-refractivity contribution < 1.29 is 9.90 Å². The summed E-state index contributed by atoms with van der Waals surface area (Å²) in [5.74, 6) is -0.188. The number of rotatable bonds is 7. The Bertz CT molecular complexity index is 730. The van der Waals surface area contributed by atoms with Gasteiger partial charge in [0.2, 0.25) is 0 Å². The maximum atomic E-state index is 12.7. The van der Waals surface area contributed by atoms with Gasteiger partial charge in [0.05, 0.1) is 22.2 Å². The molecule has 0 atom stereocenters. The third-order valence-electron chi connectivity index (χ3n) is 4.35. The van der Waals surface area contributed by atoms with E-state index in [1.807, 2.05) is 34.7 Å². The van der Waals surface area contributed by atoms with Crippen LogP contribution in [-0.2, 0) is 7.05 Å². The quantitative estimate of drug-likeness (QED) is 0.817. The number of carbonyl (C=O) groups is 1. The normalized spacial score (nSPS) is 11.9. The lowest BCUT2D eigenvalue weighted by Crippen LogP contribution is -2.43.